The largest absolute Gasteiger partial charge is 0.223 e. The highest BCUT2D eigenvalue weighted by Crippen LogP contribution is 2.24. The Balaban J connectivity index is 2.30. The third-order valence-corrected chi connectivity index (χ3v) is 5.67. The molecule has 18 heavy (non-hydrogen) atoms. The van der Waals surface area contributed by atoms with Crippen molar-refractivity contribution in [3.05, 3.63) is 52.0 Å². The molecule has 1 heterocycles. The summed E-state index contributed by atoms with van der Waals surface area (Å²) in [5.74, 6) is -0.830. The van der Waals surface area contributed by atoms with Gasteiger partial charge >= 0.3 is 0 Å². The monoisotopic (exact) mass is 284 g/mol. The van der Waals surface area contributed by atoms with E-state index >= 15 is 0 Å². The number of benzene rings is 1. The third-order valence-electron chi connectivity index (χ3n) is 2.57. The van der Waals surface area contributed by atoms with Crippen LogP contribution in [0.5, 0.6) is 0 Å². The number of hydrogen-bond donors (Lipinski definition) is 0. The summed E-state index contributed by atoms with van der Waals surface area (Å²) in [6, 6.07) is 9.19. The molecule has 0 bridgehead atoms. The molecule has 0 saturated heterocycles. The average molecular weight is 284 g/mol. The van der Waals surface area contributed by atoms with Gasteiger partial charge in [0, 0.05) is 9.75 Å². The van der Waals surface area contributed by atoms with Crippen LogP contribution in [0, 0.1) is 5.82 Å². The van der Waals surface area contributed by atoms with Crippen molar-refractivity contribution in [3.8, 4) is 0 Å². The number of aryl methyl sites for hydroxylation is 1. The molecule has 2 nitrogen and oxygen atoms in total. The average Bonchev–Trinajstić information content (AvgIpc) is 2.76. The fraction of sp³-hybridized carbons (Fsp3) is 0.231. The van der Waals surface area contributed by atoms with Crippen molar-refractivity contribution in [1.82, 2.24) is 0 Å². The van der Waals surface area contributed by atoms with Crippen LogP contribution in [0.15, 0.2) is 41.3 Å². The molecule has 0 aliphatic rings. The fourth-order valence-electron chi connectivity index (χ4n) is 1.65. The van der Waals surface area contributed by atoms with Gasteiger partial charge in [0.2, 0.25) is 0 Å². The van der Waals surface area contributed by atoms with E-state index in [0.29, 0.717) is 0 Å². The van der Waals surface area contributed by atoms with Crippen LogP contribution in [0.1, 0.15) is 16.7 Å². The lowest BCUT2D eigenvalue weighted by Crippen LogP contribution is -2.06. The van der Waals surface area contributed by atoms with Gasteiger partial charge in [0.1, 0.15) is 10.7 Å². The molecule has 0 N–H and O–H groups in total. The van der Waals surface area contributed by atoms with Crippen LogP contribution in [0.3, 0.4) is 0 Å². The highest BCUT2D eigenvalue weighted by atomic mass is 32.2. The SMILES string of the molecule is CCc1ccc(CS(=O)(=O)c2ccccc2F)s1. The summed E-state index contributed by atoms with van der Waals surface area (Å²) in [7, 11) is -3.60. The molecule has 2 aromatic rings. The topological polar surface area (TPSA) is 34.1 Å². The number of rotatable bonds is 4. The zero-order chi connectivity index (χ0) is 13.2. The highest BCUT2D eigenvalue weighted by molar-refractivity contribution is 7.90. The molecule has 0 saturated carbocycles. The molecular weight excluding hydrogens is 271 g/mol. The quantitative estimate of drug-likeness (QED) is 0.862. The summed E-state index contributed by atoms with van der Waals surface area (Å²) < 4.78 is 37.7. The summed E-state index contributed by atoms with van der Waals surface area (Å²) in [4.78, 5) is 1.65. The normalized spacial score (nSPS) is 11.7. The molecule has 96 valence electrons. The van der Waals surface area contributed by atoms with Crippen LogP contribution < -0.4 is 0 Å². The van der Waals surface area contributed by atoms with E-state index in [1.807, 2.05) is 13.0 Å². The van der Waals surface area contributed by atoms with Crippen molar-refractivity contribution < 1.29 is 12.8 Å². The molecule has 0 spiro atoms. The van der Waals surface area contributed by atoms with E-state index in [0.717, 1.165) is 16.2 Å². The molecule has 1 aromatic carbocycles. The van der Waals surface area contributed by atoms with E-state index < -0.39 is 15.7 Å². The number of hydrogen-bond acceptors (Lipinski definition) is 3. The van der Waals surface area contributed by atoms with Crippen LogP contribution in [-0.2, 0) is 22.0 Å². The van der Waals surface area contributed by atoms with E-state index in [1.165, 1.54) is 35.6 Å². The Morgan fingerprint density at radius 1 is 1.11 bits per heavy atom. The summed E-state index contributed by atoms with van der Waals surface area (Å²) in [6.45, 7) is 2.01. The highest BCUT2D eigenvalue weighted by Gasteiger charge is 2.20. The van der Waals surface area contributed by atoms with Crippen molar-refractivity contribution in [3.63, 3.8) is 0 Å². The molecule has 2 rings (SSSR count). The second-order valence-corrected chi connectivity index (χ2v) is 7.12. The fourth-order valence-corrected chi connectivity index (χ4v) is 4.38. The van der Waals surface area contributed by atoms with E-state index in [4.69, 9.17) is 0 Å². The molecule has 0 atom stereocenters. The smallest absolute Gasteiger partial charge is 0.186 e. The molecule has 0 aliphatic carbocycles. The maximum absolute atomic E-state index is 13.5. The van der Waals surface area contributed by atoms with Gasteiger partial charge in [-0.15, -0.1) is 11.3 Å². The maximum atomic E-state index is 13.5. The maximum Gasteiger partial charge on any atom is 0.186 e. The van der Waals surface area contributed by atoms with Gasteiger partial charge in [-0.05, 0) is 30.7 Å². The minimum Gasteiger partial charge on any atom is -0.223 e. The lowest BCUT2D eigenvalue weighted by atomic mass is 10.3. The predicted molar refractivity (Wildman–Crippen MR) is 71.0 cm³/mol. The lowest BCUT2D eigenvalue weighted by Gasteiger charge is -2.03. The molecule has 0 unspecified atom stereocenters. The van der Waals surface area contributed by atoms with Crippen LogP contribution >= 0.6 is 11.3 Å². The van der Waals surface area contributed by atoms with E-state index in [-0.39, 0.29) is 10.6 Å². The van der Waals surface area contributed by atoms with Gasteiger partial charge in [-0.3, -0.25) is 0 Å². The minimum absolute atomic E-state index is 0.140. The zero-order valence-corrected chi connectivity index (χ0v) is 11.5. The number of thiophene rings is 1. The summed E-state index contributed by atoms with van der Waals surface area (Å²) >= 11 is 1.46. The van der Waals surface area contributed by atoms with Crippen LogP contribution in [0.4, 0.5) is 4.39 Å². The van der Waals surface area contributed by atoms with E-state index in [2.05, 4.69) is 0 Å². The second-order valence-electron chi connectivity index (χ2n) is 3.91. The first-order chi connectivity index (χ1) is 8.53. The molecular formula is C13H13FO2S2. The number of sulfone groups is 1. The van der Waals surface area contributed by atoms with Gasteiger partial charge in [0.05, 0.1) is 5.75 Å². The molecule has 0 amide bonds. The van der Waals surface area contributed by atoms with Crippen LogP contribution in [0.2, 0.25) is 0 Å². The first-order valence-electron chi connectivity index (χ1n) is 5.58. The van der Waals surface area contributed by atoms with Crippen molar-refractivity contribution >= 4 is 21.2 Å². The van der Waals surface area contributed by atoms with Crippen molar-refractivity contribution in [2.75, 3.05) is 0 Å². The van der Waals surface area contributed by atoms with E-state index in [1.54, 1.807) is 6.07 Å². The minimum atomic E-state index is -3.60. The van der Waals surface area contributed by atoms with Crippen molar-refractivity contribution in [1.29, 1.82) is 0 Å². The molecule has 0 aliphatic heterocycles. The Labute approximate surface area is 110 Å². The Morgan fingerprint density at radius 2 is 1.78 bits per heavy atom. The summed E-state index contributed by atoms with van der Waals surface area (Å²) in [5.41, 5.74) is 0. The van der Waals surface area contributed by atoms with Crippen molar-refractivity contribution in [2.24, 2.45) is 0 Å². The Morgan fingerprint density at radius 3 is 2.39 bits per heavy atom. The Hall–Kier alpha value is -1.20. The van der Waals surface area contributed by atoms with Crippen LogP contribution in [0.25, 0.3) is 0 Å². The molecule has 0 radical (unpaired) electrons. The second kappa shape index (κ2) is 5.20. The van der Waals surface area contributed by atoms with Crippen LogP contribution in [-0.4, -0.2) is 8.42 Å². The zero-order valence-electron chi connectivity index (χ0n) is 9.89. The standard InChI is InChI=1S/C13H13FO2S2/c1-2-10-7-8-11(17-10)9-18(15,16)13-6-4-3-5-12(13)14/h3-8H,2,9H2,1H3. The van der Waals surface area contributed by atoms with Gasteiger partial charge in [-0.2, -0.15) is 0 Å². The van der Waals surface area contributed by atoms with Gasteiger partial charge in [-0.25, -0.2) is 12.8 Å². The number of halogens is 1. The van der Waals surface area contributed by atoms with Gasteiger partial charge < -0.3 is 0 Å². The van der Waals surface area contributed by atoms with Gasteiger partial charge in [0.25, 0.3) is 0 Å². The van der Waals surface area contributed by atoms with E-state index in [9.17, 15) is 12.8 Å². The summed E-state index contributed by atoms with van der Waals surface area (Å²) in [5, 5.41) is 0. The van der Waals surface area contributed by atoms with Crippen molar-refractivity contribution in [2.45, 2.75) is 24.0 Å². The first kappa shape index (κ1) is 13.2. The Bertz CT molecular complexity index is 645. The lowest BCUT2D eigenvalue weighted by molar-refractivity contribution is 0.566. The molecule has 1 aromatic heterocycles. The first-order valence-corrected chi connectivity index (χ1v) is 8.04. The summed E-state index contributed by atoms with van der Waals surface area (Å²) in [6.07, 6.45) is 0.879. The Kier molecular flexibility index (Phi) is 3.82. The predicted octanol–water partition coefficient (Wildman–Crippen LogP) is 3.42. The molecule has 0 fully saturated rings. The third kappa shape index (κ3) is 2.79. The van der Waals surface area contributed by atoms with Gasteiger partial charge in [-0.1, -0.05) is 19.1 Å². The molecule has 5 heteroatoms. The van der Waals surface area contributed by atoms with Gasteiger partial charge in [0.15, 0.2) is 9.84 Å².